The number of benzene rings is 4. The van der Waals surface area contributed by atoms with E-state index >= 15 is 0 Å². The summed E-state index contributed by atoms with van der Waals surface area (Å²) in [4.78, 5) is 27.7. The quantitative estimate of drug-likeness (QED) is 0.131. The molecular formula is C42H42O8. The summed E-state index contributed by atoms with van der Waals surface area (Å²) in [6.07, 6.45) is 3.44. The van der Waals surface area contributed by atoms with E-state index in [0.29, 0.717) is 29.7 Å². The standard InChI is InChI=1S/C42H42O8/c1-22-34(45)30(27(43)19-17-24-13-9-7-10-14-24)39-32(35(22)46)40-33(42(5,6)50-39)26-21-41(3,4)49-38-29(26)37(48-40)23(2)36(47)31(38)28(44)20-18-25-15-11-8-12-16-25/h7-16,18,20,26,33,40,45-47H,17,19,21H2,1-6H3/b20-18+/t26-,33+,40+/m0/s1. The number of phenols is 3. The van der Waals surface area contributed by atoms with Gasteiger partial charge >= 0.3 is 0 Å². The van der Waals surface area contributed by atoms with Crippen molar-refractivity contribution in [3.05, 3.63) is 111 Å². The van der Waals surface area contributed by atoms with Crippen LogP contribution in [-0.4, -0.2) is 38.1 Å². The van der Waals surface area contributed by atoms with Gasteiger partial charge in [-0.15, -0.1) is 0 Å². The number of allylic oxidation sites excluding steroid dienone is 1. The van der Waals surface area contributed by atoms with Gasteiger partial charge in [-0.1, -0.05) is 66.7 Å². The number of carbonyl (C=O) groups is 2. The Bertz CT molecular complexity index is 2060. The molecule has 50 heavy (non-hydrogen) atoms. The van der Waals surface area contributed by atoms with Gasteiger partial charge in [0.25, 0.3) is 0 Å². The maximum atomic E-state index is 13.9. The Labute approximate surface area is 292 Å². The van der Waals surface area contributed by atoms with Crippen LogP contribution in [0.15, 0.2) is 66.7 Å². The molecule has 3 atom stereocenters. The fraction of sp³-hybridized carbons (Fsp3) is 0.333. The Hall–Kier alpha value is -5.24. The van der Waals surface area contributed by atoms with E-state index in [1.165, 1.54) is 6.08 Å². The number of hydrogen-bond acceptors (Lipinski definition) is 8. The maximum absolute atomic E-state index is 13.9. The van der Waals surface area contributed by atoms with Crippen LogP contribution in [0.4, 0.5) is 0 Å². The lowest BCUT2D eigenvalue weighted by Gasteiger charge is -2.54. The van der Waals surface area contributed by atoms with Gasteiger partial charge in [-0.05, 0) is 71.6 Å². The first-order valence-corrected chi connectivity index (χ1v) is 17.1. The molecule has 3 aliphatic rings. The summed E-state index contributed by atoms with van der Waals surface area (Å²) in [5.41, 5.74) is 1.67. The molecule has 3 aliphatic heterocycles. The predicted molar refractivity (Wildman–Crippen MR) is 190 cm³/mol. The zero-order valence-corrected chi connectivity index (χ0v) is 29.2. The Balaban J connectivity index is 1.38. The molecule has 0 aliphatic carbocycles. The topological polar surface area (TPSA) is 123 Å². The second kappa shape index (κ2) is 12.0. The zero-order chi connectivity index (χ0) is 35.7. The van der Waals surface area contributed by atoms with Crippen LogP contribution < -0.4 is 14.2 Å². The zero-order valence-electron chi connectivity index (χ0n) is 29.2. The average Bonchev–Trinajstić information content (AvgIpc) is 3.07. The molecule has 7 rings (SSSR count). The number of aromatic hydroxyl groups is 3. The molecule has 3 heterocycles. The molecule has 4 aromatic carbocycles. The monoisotopic (exact) mass is 674 g/mol. The van der Waals surface area contributed by atoms with E-state index < -0.39 is 29.0 Å². The van der Waals surface area contributed by atoms with Crippen molar-refractivity contribution in [2.45, 2.75) is 84.0 Å². The molecule has 4 aromatic rings. The molecule has 0 amide bonds. The second-order valence-electron chi connectivity index (χ2n) is 14.8. The summed E-state index contributed by atoms with van der Waals surface area (Å²) >= 11 is 0. The highest BCUT2D eigenvalue weighted by Gasteiger charge is 2.58. The third-order valence-electron chi connectivity index (χ3n) is 10.5. The van der Waals surface area contributed by atoms with Crippen molar-refractivity contribution in [1.82, 2.24) is 0 Å². The molecule has 0 saturated heterocycles. The van der Waals surface area contributed by atoms with Crippen LogP contribution in [0.5, 0.6) is 34.5 Å². The van der Waals surface area contributed by atoms with Gasteiger partial charge in [-0.3, -0.25) is 9.59 Å². The van der Waals surface area contributed by atoms with Crippen LogP contribution in [0.2, 0.25) is 0 Å². The highest BCUT2D eigenvalue weighted by atomic mass is 16.5. The summed E-state index contributed by atoms with van der Waals surface area (Å²) in [7, 11) is 0. The van der Waals surface area contributed by atoms with Crippen molar-refractivity contribution in [3.63, 3.8) is 0 Å². The van der Waals surface area contributed by atoms with Crippen molar-refractivity contribution in [3.8, 4) is 34.5 Å². The number of hydrogen-bond donors (Lipinski definition) is 3. The number of fused-ring (bicyclic) bond motifs is 4. The largest absolute Gasteiger partial charge is 0.507 e. The molecule has 0 radical (unpaired) electrons. The van der Waals surface area contributed by atoms with Gasteiger partial charge in [0.05, 0.1) is 5.56 Å². The van der Waals surface area contributed by atoms with E-state index in [0.717, 1.165) is 11.1 Å². The second-order valence-corrected chi connectivity index (χ2v) is 14.8. The van der Waals surface area contributed by atoms with Gasteiger partial charge in [0.15, 0.2) is 11.6 Å². The number of aryl methyl sites for hydroxylation is 1. The Morgan fingerprint density at radius 1 is 0.780 bits per heavy atom. The van der Waals surface area contributed by atoms with Gasteiger partial charge in [0, 0.05) is 34.9 Å². The fourth-order valence-electron chi connectivity index (χ4n) is 8.08. The third-order valence-corrected chi connectivity index (χ3v) is 10.5. The van der Waals surface area contributed by atoms with Crippen LogP contribution in [0.3, 0.4) is 0 Å². The van der Waals surface area contributed by atoms with Crippen LogP contribution >= 0.6 is 0 Å². The smallest absolute Gasteiger partial charge is 0.193 e. The lowest BCUT2D eigenvalue weighted by atomic mass is 9.63. The predicted octanol–water partition coefficient (Wildman–Crippen LogP) is 8.70. The summed E-state index contributed by atoms with van der Waals surface area (Å²) in [5.74, 6) is -1.46. The molecule has 0 fully saturated rings. The lowest BCUT2D eigenvalue weighted by molar-refractivity contribution is -0.0861. The maximum Gasteiger partial charge on any atom is 0.193 e. The molecule has 0 bridgehead atoms. The highest BCUT2D eigenvalue weighted by molar-refractivity contribution is 6.11. The molecular weight excluding hydrogens is 632 g/mol. The van der Waals surface area contributed by atoms with E-state index in [-0.39, 0.29) is 69.1 Å². The number of rotatable bonds is 7. The normalized spacial score (nSPS) is 20.8. The molecule has 0 unspecified atom stereocenters. The van der Waals surface area contributed by atoms with Gasteiger partial charge < -0.3 is 29.5 Å². The number of Topliss-reactive ketones (excluding diaryl/α,β-unsaturated/α-hetero) is 1. The summed E-state index contributed by atoms with van der Waals surface area (Å²) < 4.78 is 20.1. The minimum absolute atomic E-state index is 0.0193. The molecule has 8 heteroatoms. The molecule has 0 aromatic heterocycles. The number of phenolic OH excluding ortho intramolecular Hbond substituents is 3. The van der Waals surface area contributed by atoms with Gasteiger partial charge in [0.1, 0.15) is 62.9 Å². The van der Waals surface area contributed by atoms with Gasteiger partial charge in [0.2, 0.25) is 0 Å². The third kappa shape index (κ3) is 5.38. The SMILES string of the molecule is Cc1c(O)c(C(=O)CCc2ccccc2)c2c(c1O)[C@H]1Oc3c(C)c(O)c(C(=O)/C=C/c4ccccc4)c4c3[C@H](CC(C)(C)O4)[C@H]1C(C)(C)O2. The van der Waals surface area contributed by atoms with Crippen LogP contribution in [-0.2, 0) is 6.42 Å². The van der Waals surface area contributed by atoms with Crippen molar-refractivity contribution >= 4 is 17.6 Å². The van der Waals surface area contributed by atoms with Crippen molar-refractivity contribution in [2.75, 3.05) is 0 Å². The minimum atomic E-state index is -0.976. The Morgan fingerprint density at radius 2 is 1.40 bits per heavy atom. The first kappa shape index (κ1) is 33.3. The number of ketones is 2. The van der Waals surface area contributed by atoms with Crippen molar-refractivity contribution < 1.29 is 39.1 Å². The molecule has 0 spiro atoms. The molecule has 258 valence electrons. The van der Waals surface area contributed by atoms with Crippen molar-refractivity contribution in [1.29, 1.82) is 0 Å². The summed E-state index contributed by atoms with van der Waals surface area (Å²) in [5, 5.41) is 34.6. The average molecular weight is 675 g/mol. The Kier molecular flexibility index (Phi) is 7.96. The number of ether oxygens (including phenoxy) is 3. The summed E-state index contributed by atoms with van der Waals surface area (Å²) in [6, 6.07) is 19.1. The first-order chi connectivity index (χ1) is 23.7. The van der Waals surface area contributed by atoms with Crippen LogP contribution in [0, 0.1) is 19.8 Å². The van der Waals surface area contributed by atoms with Gasteiger partial charge in [-0.2, -0.15) is 0 Å². The summed E-state index contributed by atoms with van der Waals surface area (Å²) in [6.45, 7) is 11.0. The van der Waals surface area contributed by atoms with Crippen LogP contribution in [0.25, 0.3) is 6.08 Å². The lowest BCUT2D eigenvalue weighted by Crippen LogP contribution is -2.53. The van der Waals surface area contributed by atoms with Crippen LogP contribution in [0.1, 0.15) is 107 Å². The van der Waals surface area contributed by atoms with Gasteiger partial charge in [-0.25, -0.2) is 0 Å². The number of carbonyl (C=O) groups excluding carboxylic acids is 2. The fourth-order valence-corrected chi connectivity index (χ4v) is 8.08. The van der Waals surface area contributed by atoms with E-state index in [2.05, 4.69) is 0 Å². The molecule has 0 saturated carbocycles. The Morgan fingerprint density at radius 3 is 2.08 bits per heavy atom. The molecule has 3 N–H and O–H groups in total. The van der Waals surface area contributed by atoms with E-state index in [1.807, 2.05) is 88.4 Å². The van der Waals surface area contributed by atoms with E-state index in [9.17, 15) is 24.9 Å². The van der Waals surface area contributed by atoms with E-state index in [1.54, 1.807) is 19.9 Å². The molecule has 8 nitrogen and oxygen atoms in total. The first-order valence-electron chi connectivity index (χ1n) is 17.1. The highest BCUT2D eigenvalue weighted by Crippen LogP contribution is 2.66. The minimum Gasteiger partial charge on any atom is -0.507 e. The van der Waals surface area contributed by atoms with Crippen molar-refractivity contribution in [2.24, 2.45) is 5.92 Å². The van der Waals surface area contributed by atoms with E-state index in [4.69, 9.17) is 14.2 Å².